The fraction of sp³-hybridized carbons (Fsp3) is 0.556. The predicted molar refractivity (Wildman–Crippen MR) is 138 cm³/mol. The number of carbonyl (C=O) groups excluding carboxylic acids is 4. The van der Waals surface area contributed by atoms with Gasteiger partial charge in [-0.15, -0.1) is 0 Å². The van der Waals surface area contributed by atoms with Crippen molar-refractivity contribution in [1.29, 1.82) is 0 Å². The van der Waals surface area contributed by atoms with Crippen molar-refractivity contribution in [3.05, 3.63) is 46.0 Å². The number of hydrogen-bond acceptors (Lipinski definition) is 4. The number of fused-ring (bicyclic) bond motifs is 1. The molecule has 3 atom stereocenters. The number of allylic oxidation sites excluding steroid dienone is 2. The van der Waals surface area contributed by atoms with Crippen LogP contribution in [0, 0.1) is 11.8 Å². The van der Waals surface area contributed by atoms with E-state index in [1.54, 1.807) is 25.1 Å². The number of carbonyl (C=O) groups is 4. The molecule has 0 bridgehead atoms. The summed E-state index contributed by atoms with van der Waals surface area (Å²) in [5.41, 5.74) is 0.664. The fourth-order valence-corrected chi connectivity index (χ4v) is 5.89. The minimum atomic E-state index is -0.747. The maximum Gasteiger partial charge on any atom is 0.242 e. The van der Waals surface area contributed by atoms with E-state index in [9.17, 15) is 19.2 Å². The van der Waals surface area contributed by atoms with Crippen molar-refractivity contribution in [2.75, 3.05) is 6.54 Å². The van der Waals surface area contributed by atoms with Gasteiger partial charge in [-0.3, -0.25) is 24.1 Å². The molecule has 1 saturated carbocycles. The summed E-state index contributed by atoms with van der Waals surface area (Å²) >= 11 is 12.4. The molecule has 9 heteroatoms. The molecule has 2 fully saturated rings. The normalized spacial score (nSPS) is 22.9. The van der Waals surface area contributed by atoms with Gasteiger partial charge in [0.1, 0.15) is 6.04 Å². The lowest BCUT2D eigenvalue weighted by Gasteiger charge is -2.32. The largest absolute Gasteiger partial charge is 0.352 e. The standard InChI is InChI=1S/C27H33Cl2N3O4/c1-17(25(34)30-20-7-3-2-4-8-20)32(16-18-11-12-19(28)15-23(18)29)24(33)13-14-31-26(35)21-9-5-6-10-22(21)27(31)36/h5-6,11-12,15,17,20-22H,2-4,7-10,13-14,16H2,1H3,(H,30,34)/t17-,21-,22+/m0/s1. The topological polar surface area (TPSA) is 86.8 Å². The molecule has 7 nitrogen and oxygen atoms in total. The first kappa shape index (κ1) is 26.7. The van der Waals surface area contributed by atoms with Crippen LogP contribution in [0.2, 0.25) is 10.0 Å². The summed E-state index contributed by atoms with van der Waals surface area (Å²) in [5, 5.41) is 3.98. The zero-order valence-corrected chi connectivity index (χ0v) is 22.1. The molecule has 2 aliphatic carbocycles. The van der Waals surface area contributed by atoms with Crippen LogP contribution in [0.5, 0.6) is 0 Å². The van der Waals surface area contributed by atoms with Gasteiger partial charge in [-0.25, -0.2) is 0 Å². The molecule has 36 heavy (non-hydrogen) atoms. The Morgan fingerprint density at radius 1 is 1.06 bits per heavy atom. The number of imide groups is 1. The first-order valence-corrected chi connectivity index (χ1v) is 13.6. The highest BCUT2D eigenvalue weighted by molar-refractivity contribution is 6.35. The minimum absolute atomic E-state index is 0.00527. The SMILES string of the molecule is C[C@@H](C(=O)NC1CCCCC1)N(Cc1ccc(Cl)cc1Cl)C(=O)CCN1C(=O)[C@H]2CC=CC[C@H]2C1=O. The van der Waals surface area contributed by atoms with Crippen LogP contribution in [0.15, 0.2) is 30.4 Å². The number of rotatable bonds is 8. The molecule has 194 valence electrons. The highest BCUT2D eigenvalue weighted by atomic mass is 35.5. The smallest absolute Gasteiger partial charge is 0.242 e. The molecule has 0 aromatic heterocycles. The highest BCUT2D eigenvalue weighted by Crippen LogP contribution is 2.35. The highest BCUT2D eigenvalue weighted by Gasteiger charge is 2.47. The van der Waals surface area contributed by atoms with Crippen molar-refractivity contribution >= 4 is 46.8 Å². The molecule has 0 spiro atoms. The Hall–Kier alpha value is -2.38. The van der Waals surface area contributed by atoms with Crippen LogP contribution in [-0.2, 0) is 25.7 Å². The second-order valence-electron chi connectivity index (χ2n) is 10.0. The van der Waals surface area contributed by atoms with Crippen molar-refractivity contribution in [3.8, 4) is 0 Å². The Kier molecular flexibility index (Phi) is 8.73. The van der Waals surface area contributed by atoms with E-state index in [1.807, 2.05) is 12.2 Å². The summed E-state index contributed by atoms with van der Waals surface area (Å²) in [6.45, 7) is 1.82. The second kappa shape index (κ2) is 11.8. The van der Waals surface area contributed by atoms with Crippen molar-refractivity contribution < 1.29 is 19.2 Å². The zero-order chi connectivity index (χ0) is 25.8. The van der Waals surface area contributed by atoms with Gasteiger partial charge >= 0.3 is 0 Å². The van der Waals surface area contributed by atoms with Crippen molar-refractivity contribution in [2.24, 2.45) is 11.8 Å². The molecular weight excluding hydrogens is 501 g/mol. The maximum atomic E-state index is 13.5. The van der Waals surface area contributed by atoms with E-state index in [2.05, 4.69) is 5.32 Å². The average molecular weight is 534 g/mol. The van der Waals surface area contributed by atoms with Gasteiger partial charge in [-0.2, -0.15) is 0 Å². The molecule has 1 aromatic rings. The minimum Gasteiger partial charge on any atom is -0.352 e. The van der Waals surface area contributed by atoms with Gasteiger partial charge in [0.25, 0.3) is 0 Å². The summed E-state index contributed by atoms with van der Waals surface area (Å²) in [5.74, 6) is -1.62. The molecule has 1 aliphatic heterocycles. The number of likely N-dealkylation sites (tertiary alicyclic amines) is 1. The van der Waals surface area contributed by atoms with E-state index in [-0.39, 0.29) is 61.0 Å². The molecule has 1 aromatic carbocycles. The molecule has 1 N–H and O–H groups in total. The molecule has 1 heterocycles. The van der Waals surface area contributed by atoms with Gasteiger partial charge in [-0.05, 0) is 50.3 Å². The number of benzene rings is 1. The van der Waals surface area contributed by atoms with Crippen LogP contribution in [-0.4, -0.2) is 52.1 Å². The monoisotopic (exact) mass is 533 g/mol. The Bertz CT molecular complexity index is 1030. The van der Waals surface area contributed by atoms with Crippen LogP contribution in [0.1, 0.15) is 63.9 Å². The Morgan fingerprint density at radius 2 is 1.69 bits per heavy atom. The van der Waals surface area contributed by atoms with Gasteiger partial charge in [0.05, 0.1) is 11.8 Å². The van der Waals surface area contributed by atoms with Gasteiger partial charge < -0.3 is 10.2 Å². The number of nitrogens with one attached hydrogen (secondary N) is 1. The predicted octanol–water partition coefficient (Wildman–Crippen LogP) is 4.50. The number of amides is 4. The Morgan fingerprint density at radius 3 is 2.31 bits per heavy atom. The van der Waals surface area contributed by atoms with E-state index in [0.717, 1.165) is 25.7 Å². The lowest BCUT2D eigenvalue weighted by molar-refractivity contribution is -0.144. The molecule has 0 unspecified atom stereocenters. The maximum absolute atomic E-state index is 13.5. The third kappa shape index (κ3) is 5.94. The van der Waals surface area contributed by atoms with Crippen LogP contribution in [0.4, 0.5) is 0 Å². The van der Waals surface area contributed by atoms with Gasteiger partial charge in [0.2, 0.25) is 23.6 Å². The molecule has 1 saturated heterocycles. The molecular formula is C27H33Cl2N3O4. The summed E-state index contributed by atoms with van der Waals surface area (Å²) in [7, 11) is 0. The number of halogens is 2. The molecule has 4 amide bonds. The van der Waals surface area contributed by atoms with Crippen molar-refractivity contribution in [1.82, 2.24) is 15.1 Å². The van der Waals surface area contributed by atoms with Gasteiger partial charge in [0, 0.05) is 35.6 Å². The summed E-state index contributed by atoms with van der Waals surface area (Å²) in [4.78, 5) is 54.9. The Labute approximate surface area is 222 Å². The van der Waals surface area contributed by atoms with E-state index in [4.69, 9.17) is 23.2 Å². The van der Waals surface area contributed by atoms with Crippen LogP contribution in [0.3, 0.4) is 0 Å². The zero-order valence-electron chi connectivity index (χ0n) is 20.6. The molecule has 0 radical (unpaired) electrons. The quantitative estimate of drug-likeness (QED) is 0.393. The Balaban J connectivity index is 1.46. The first-order valence-electron chi connectivity index (χ1n) is 12.8. The van der Waals surface area contributed by atoms with Gasteiger partial charge in [0.15, 0.2) is 0 Å². The molecule has 3 aliphatic rings. The van der Waals surface area contributed by atoms with E-state index < -0.39 is 6.04 Å². The first-order chi connectivity index (χ1) is 17.3. The average Bonchev–Trinajstić information content (AvgIpc) is 3.11. The van der Waals surface area contributed by atoms with Crippen LogP contribution >= 0.6 is 23.2 Å². The third-order valence-electron chi connectivity index (χ3n) is 7.62. The number of nitrogens with zero attached hydrogens (tertiary/aromatic N) is 2. The molecule has 4 rings (SSSR count). The van der Waals surface area contributed by atoms with Crippen LogP contribution in [0.25, 0.3) is 0 Å². The van der Waals surface area contributed by atoms with Crippen molar-refractivity contribution in [3.63, 3.8) is 0 Å². The van der Waals surface area contributed by atoms with Gasteiger partial charge in [-0.1, -0.05) is 60.7 Å². The summed E-state index contributed by atoms with van der Waals surface area (Å²) in [6.07, 6.45) is 10.1. The van der Waals surface area contributed by atoms with E-state index >= 15 is 0 Å². The third-order valence-corrected chi connectivity index (χ3v) is 8.21. The summed E-state index contributed by atoms with van der Waals surface area (Å²) < 4.78 is 0. The lowest BCUT2D eigenvalue weighted by Crippen LogP contribution is -2.51. The van der Waals surface area contributed by atoms with E-state index in [1.165, 1.54) is 16.2 Å². The van der Waals surface area contributed by atoms with Crippen molar-refractivity contribution in [2.45, 2.75) is 76.9 Å². The summed E-state index contributed by atoms with van der Waals surface area (Å²) in [6, 6.07) is 4.40. The fourth-order valence-electron chi connectivity index (χ4n) is 5.43. The lowest BCUT2D eigenvalue weighted by atomic mass is 9.85. The second-order valence-corrected chi connectivity index (χ2v) is 10.9. The van der Waals surface area contributed by atoms with Crippen LogP contribution < -0.4 is 5.32 Å². The van der Waals surface area contributed by atoms with E-state index in [0.29, 0.717) is 28.5 Å². The number of hydrogen-bond donors (Lipinski definition) is 1.